The molecule has 1 N–H and O–H groups in total. The first-order valence-corrected chi connectivity index (χ1v) is 9.14. The van der Waals surface area contributed by atoms with Gasteiger partial charge in [-0.05, 0) is 59.7 Å². The predicted molar refractivity (Wildman–Crippen MR) is 115 cm³/mol. The molecule has 4 rings (SSSR count). The summed E-state index contributed by atoms with van der Waals surface area (Å²) >= 11 is 0. The Morgan fingerprint density at radius 2 is 1.62 bits per heavy atom. The Morgan fingerprint density at radius 3 is 2.21 bits per heavy atom. The largest absolute Gasteiger partial charge is 0.478 e. The highest BCUT2D eigenvalue weighted by Gasteiger charge is 2.12. The molecule has 4 aromatic rings. The molecule has 142 valence electrons. The van der Waals surface area contributed by atoms with Gasteiger partial charge in [-0.15, -0.1) is 0 Å². The number of hydrogen-bond acceptors (Lipinski definition) is 3. The minimum absolute atomic E-state index is 0.231. The molecule has 0 radical (unpaired) electrons. The molecule has 0 saturated carbocycles. The van der Waals surface area contributed by atoms with Crippen molar-refractivity contribution in [3.05, 3.63) is 84.1 Å². The van der Waals surface area contributed by atoms with Crippen molar-refractivity contribution in [3.63, 3.8) is 0 Å². The summed E-state index contributed by atoms with van der Waals surface area (Å²) in [6, 6.07) is 23.2. The number of carboxylic acid groups (broad SMARTS) is 1. The highest BCUT2D eigenvalue weighted by atomic mass is 16.4. The number of aromatic carboxylic acids is 1. The van der Waals surface area contributed by atoms with Crippen LogP contribution in [0, 0.1) is 11.3 Å². The van der Waals surface area contributed by atoms with Crippen LogP contribution in [0.1, 0.15) is 15.9 Å². The number of rotatable bonds is 4. The summed E-state index contributed by atoms with van der Waals surface area (Å²) < 4.78 is 1.92. The van der Waals surface area contributed by atoms with Crippen LogP contribution in [0.5, 0.6) is 0 Å². The van der Waals surface area contributed by atoms with Gasteiger partial charge in [0.15, 0.2) is 0 Å². The molecule has 0 amide bonds. The Hall–Kier alpha value is -4.04. The van der Waals surface area contributed by atoms with E-state index in [4.69, 9.17) is 5.11 Å². The molecule has 1 heterocycles. The third-order valence-electron chi connectivity index (χ3n) is 5.03. The number of nitrogens with zero attached hydrogens (tertiary/aromatic N) is 3. The van der Waals surface area contributed by atoms with Gasteiger partial charge in [-0.1, -0.05) is 18.2 Å². The van der Waals surface area contributed by atoms with Crippen molar-refractivity contribution in [2.24, 2.45) is 0 Å². The van der Waals surface area contributed by atoms with E-state index in [2.05, 4.69) is 35.2 Å². The van der Waals surface area contributed by atoms with E-state index in [9.17, 15) is 10.1 Å². The standard InChI is InChI=1S/C24H19N3O2/c1-26(2)20-8-3-16(4-9-20)18-7-12-23-22(13-18)19(14-25)15-27(23)21-10-5-17(6-11-21)24(28)29/h3-13,15H,1-2H3,(H,28,29). The number of anilines is 1. The van der Waals surface area contributed by atoms with Crippen molar-refractivity contribution in [1.82, 2.24) is 4.57 Å². The molecule has 0 aliphatic carbocycles. The van der Waals surface area contributed by atoms with Gasteiger partial charge in [0.05, 0.1) is 16.6 Å². The Morgan fingerprint density at radius 1 is 0.966 bits per heavy atom. The number of carboxylic acids is 1. The van der Waals surface area contributed by atoms with E-state index in [1.807, 2.05) is 36.9 Å². The van der Waals surface area contributed by atoms with Crippen LogP contribution in [0.15, 0.2) is 72.9 Å². The lowest BCUT2D eigenvalue weighted by atomic mass is 10.0. The van der Waals surface area contributed by atoms with Gasteiger partial charge in [-0.2, -0.15) is 5.26 Å². The molecule has 5 heteroatoms. The number of fused-ring (bicyclic) bond motifs is 1. The van der Waals surface area contributed by atoms with Crippen LogP contribution in [0.4, 0.5) is 5.69 Å². The Kier molecular flexibility index (Phi) is 4.53. The minimum atomic E-state index is -0.962. The van der Waals surface area contributed by atoms with E-state index in [0.717, 1.165) is 33.4 Å². The SMILES string of the molecule is CN(C)c1ccc(-c2ccc3c(c2)c(C#N)cn3-c2ccc(C(=O)O)cc2)cc1. The second-order valence-corrected chi connectivity index (χ2v) is 7.05. The summed E-state index contributed by atoms with van der Waals surface area (Å²) in [6.07, 6.45) is 1.79. The fraction of sp³-hybridized carbons (Fsp3) is 0.0833. The molecule has 0 atom stereocenters. The maximum Gasteiger partial charge on any atom is 0.335 e. The molecule has 5 nitrogen and oxygen atoms in total. The quantitative estimate of drug-likeness (QED) is 0.544. The highest BCUT2D eigenvalue weighted by molar-refractivity contribution is 5.92. The highest BCUT2D eigenvalue weighted by Crippen LogP contribution is 2.30. The van der Waals surface area contributed by atoms with E-state index in [1.165, 1.54) is 0 Å². The number of aromatic nitrogens is 1. The van der Waals surface area contributed by atoms with E-state index in [-0.39, 0.29) is 5.56 Å². The first-order chi connectivity index (χ1) is 14.0. The van der Waals surface area contributed by atoms with Crippen LogP contribution >= 0.6 is 0 Å². The lowest BCUT2D eigenvalue weighted by Gasteiger charge is -2.13. The van der Waals surface area contributed by atoms with E-state index >= 15 is 0 Å². The van der Waals surface area contributed by atoms with Crippen LogP contribution < -0.4 is 4.90 Å². The van der Waals surface area contributed by atoms with E-state index < -0.39 is 5.97 Å². The number of nitriles is 1. The fourth-order valence-corrected chi connectivity index (χ4v) is 3.43. The van der Waals surface area contributed by atoms with Crippen molar-refractivity contribution >= 4 is 22.6 Å². The molecular weight excluding hydrogens is 362 g/mol. The van der Waals surface area contributed by atoms with Gasteiger partial charge in [0.2, 0.25) is 0 Å². The summed E-state index contributed by atoms with van der Waals surface area (Å²) in [5.41, 5.74) is 5.77. The normalized spacial score (nSPS) is 10.7. The van der Waals surface area contributed by atoms with Gasteiger partial charge in [0, 0.05) is 37.1 Å². The van der Waals surface area contributed by atoms with Crippen LogP contribution in [0.3, 0.4) is 0 Å². The summed E-state index contributed by atoms with van der Waals surface area (Å²) in [6.45, 7) is 0. The van der Waals surface area contributed by atoms with Gasteiger partial charge in [0.25, 0.3) is 0 Å². The maximum absolute atomic E-state index is 11.1. The third-order valence-corrected chi connectivity index (χ3v) is 5.03. The molecule has 0 aliphatic heterocycles. The average molecular weight is 381 g/mol. The monoisotopic (exact) mass is 381 g/mol. The lowest BCUT2D eigenvalue weighted by molar-refractivity contribution is 0.0697. The van der Waals surface area contributed by atoms with Crippen molar-refractivity contribution in [2.45, 2.75) is 0 Å². The smallest absolute Gasteiger partial charge is 0.335 e. The lowest BCUT2D eigenvalue weighted by Crippen LogP contribution is -2.07. The van der Waals surface area contributed by atoms with Crippen LogP contribution in [0.25, 0.3) is 27.7 Å². The van der Waals surface area contributed by atoms with Crippen molar-refractivity contribution in [1.29, 1.82) is 5.26 Å². The summed E-state index contributed by atoms with van der Waals surface area (Å²) in [5.74, 6) is -0.962. The van der Waals surface area contributed by atoms with Gasteiger partial charge in [-0.25, -0.2) is 4.79 Å². The Bertz CT molecular complexity index is 1240. The van der Waals surface area contributed by atoms with Gasteiger partial charge >= 0.3 is 5.97 Å². The molecule has 0 aliphatic rings. The van der Waals surface area contributed by atoms with E-state index in [1.54, 1.807) is 30.5 Å². The summed E-state index contributed by atoms with van der Waals surface area (Å²) in [5, 5.41) is 19.6. The molecular formula is C24H19N3O2. The van der Waals surface area contributed by atoms with Gasteiger partial charge in [-0.3, -0.25) is 0 Å². The summed E-state index contributed by atoms with van der Waals surface area (Å²) in [7, 11) is 4.01. The Balaban J connectivity index is 1.80. The van der Waals surface area contributed by atoms with Gasteiger partial charge < -0.3 is 14.6 Å². The topological polar surface area (TPSA) is 69.3 Å². The first-order valence-electron chi connectivity index (χ1n) is 9.14. The maximum atomic E-state index is 11.1. The van der Waals surface area contributed by atoms with Crippen molar-refractivity contribution in [3.8, 4) is 22.9 Å². The molecule has 0 unspecified atom stereocenters. The number of hydrogen-bond donors (Lipinski definition) is 1. The molecule has 0 saturated heterocycles. The first kappa shape index (κ1) is 18.3. The van der Waals surface area contributed by atoms with E-state index in [0.29, 0.717) is 5.56 Å². The molecule has 0 bridgehead atoms. The molecule has 0 fully saturated rings. The zero-order chi connectivity index (χ0) is 20.5. The van der Waals surface area contributed by atoms with Crippen LogP contribution in [-0.2, 0) is 0 Å². The van der Waals surface area contributed by atoms with Crippen molar-refractivity contribution in [2.75, 3.05) is 19.0 Å². The average Bonchev–Trinajstić information content (AvgIpc) is 3.12. The zero-order valence-electron chi connectivity index (χ0n) is 16.1. The minimum Gasteiger partial charge on any atom is -0.478 e. The van der Waals surface area contributed by atoms with Crippen LogP contribution in [0.2, 0.25) is 0 Å². The number of benzene rings is 3. The zero-order valence-corrected chi connectivity index (χ0v) is 16.1. The molecule has 3 aromatic carbocycles. The second kappa shape index (κ2) is 7.17. The number of carbonyl (C=O) groups is 1. The van der Waals surface area contributed by atoms with Crippen molar-refractivity contribution < 1.29 is 9.90 Å². The molecule has 0 spiro atoms. The van der Waals surface area contributed by atoms with Crippen LogP contribution in [-0.4, -0.2) is 29.7 Å². The third kappa shape index (κ3) is 3.32. The molecule has 1 aromatic heterocycles. The summed E-state index contributed by atoms with van der Waals surface area (Å²) in [4.78, 5) is 13.1. The Labute approximate surface area is 168 Å². The second-order valence-electron chi connectivity index (χ2n) is 7.05. The predicted octanol–water partition coefficient (Wildman–Crippen LogP) is 4.93. The fourth-order valence-electron chi connectivity index (χ4n) is 3.43. The molecule has 29 heavy (non-hydrogen) atoms. The van der Waals surface area contributed by atoms with Gasteiger partial charge in [0.1, 0.15) is 6.07 Å².